The molecule has 0 unspecified atom stereocenters. The molecule has 2 aromatic rings. The van der Waals surface area contributed by atoms with Crippen molar-refractivity contribution in [3.8, 4) is 0 Å². The third-order valence-electron chi connectivity index (χ3n) is 2.70. The van der Waals surface area contributed by atoms with Crippen molar-refractivity contribution in [3.63, 3.8) is 0 Å². The molecule has 0 bridgehead atoms. The molecule has 104 valence electrons. The van der Waals surface area contributed by atoms with Crippen LogP contribution in [0.3, 0.4) is 0 Å². The molecule has 7 heteroatoms. The predicted octanol–water partition coefficient (Wildman–Crippen LogP) is 0.642. The first-order chi connectivity index (χ1) is 9.59. The second-order valence-electron chi connectivity index (χ2n) is 4.03. The van der Waals surface area contributed by atoms with Crippen LogP contribution < -0.4 is 16.8 Å². The molecule has 2 rings (SSSR count). The number of hydrogen-bond acceptors (Lipinski definition) is 5. The number of carbonyl (C=O) groups excluding carboxylic acids is 2. The van der Waals surface area contributed by atoms with Crippen molar-refractivity contribution in [1.82, 2.24) is 10.3 Å². The Morgan fingerprint density at radius 2 is 1.95 bits per heavy atom. The lowest BCUT2D eigenvalue weighted by molar-refractivity contribution is 0.0938. The van der Waals surface area contributed by atoms with Crippen molar-refractivity contribution < 1.29 is 14.3 Å². The maximum atomic E-state index is 12.1. The molecule has 1 aromatic carbocycles. The molecule has 1 heterocycles. The van der Waals surface area contributed by atoms with Crippen LogP contribution in [0.15, 0.2) is 30.5 Å². The molecule has 7 nitrogen and oxygen atoms in total. The van der Waals surface area contributed by atoms with Gasteiger partial charge in [-0.05, 0) is 5.39 Å². The second-order valence-corrected chi connectivity index (χ2v) is 4.03. The number of amides is 2. The van der Waals surface area contributed by atoms with Gasteiger partial charge in [0.15, 0.2) is 0 Å². The van der Waals surface area contributed by atoms with E-state index in [-0.39, 0.29) is 19.1 Å². The first kappa shape index (κ1) is 13.6. The van der Waals surface area contributed by atoms with Gasteiger partial charge in [0.05, 0.1) is 12.1 Å². The van der Waals surface area contributed by atoms with E-state index >= 15 is 0 Å². The average molecular weight is 274 g/mol. The van der Waals surface area contributed by atoms with Gasteiger partial charge in [-0.25, -0.2) is 9.78 Å². The number of aromatic nitrogens is 1. The van der Waals surface area contributed by atoms with Gasteiger partial charge in [-0.2, -0.15) is 0 Å². The summed E-state index contributed by atoms with van der Waals surface area (Å²) in [4.78, 5) is 26.4. The highest BCUT2D eigenvalue weighted by atomic mass is 16.5. The van der Waals surface area contributed by atoms with Crippen molar-refractivity contribution in [2.75, 3.05) is 18.9 Å². The lowest BCUT2D eigenvalue weighted by atomic mass is 10.1. The molecule has 1 aromatic heterocycles. The highest BCUT2D eigenvalue weighted by Gasteiger charge is 2.11. The summed E-state index contributed by atoms with van der Waals surface area (Å²) in [6, 6.07) is 7.23. The number of nitrogens with two attached hydrogens (primary N) is 2. The largest absolute Gasteiger partial charge is 0.448 e. The Labute approximate surface area is 114 Å². The lowest BCUT2D eigenvalue weighted by Crippen LogP contribution is -2.29. The molecule has 0 aliphatic rings. The van der Waals surface area contributed by atoms with Crippen molar-refractivity contribution in [1.29, 1.82) is 0 Å². The minimum atomic E-state index is -0.876. The number of rotatable bonds is 4. The van der Waals surface area contributed by atoms with E-state index in [0.717, 1.165) is 0 Å². The third kappa shape index (κ3) is 2.94. The fraction of sp³-hybridized carbons (Fsp3) is 0.154. The molecular weight excluding hydrogens is 260 g/mol. The lowest BCUT2D eigenvalue weighted by Gasteiger charge is -2.09. The Hall–Kier alpha value is -2.83. The van der Waals surface area contributed by atoms with Crippen LogP contribution in [0.25, 0.3) is 10.8 Å². The molecular formula is C13H14N4O3. The van der Waals surface area contributed by atoms with Crippen molar-refractivity contribution >= 4 is 28.6 Å². The monoisotopic (exact) mass is 274 g/mol. The summed E-state index contributed by atoms with van der Waals surface area (Å²) in [7, 11) is 0. The molecule has 2 amide bonds. The molecule has 0 aliphatic heterocycles. The van der Waals surface area contributed by atoms with E-state index in [1.165, 1.54) is 6.20 Å². The first-order valence-corrected chi connectivity index (χ1v) is 5.93. The van der Waals surface area contributed by atoms with Gasteiger partial charge in [0.1, 0.15) is 12.4 Å². The molecule has 0 saturated heterocycles. The quantitative estimate of drug-likeness (QED) is 0.706. The van der Waals surface area contributed by atoms with E-state index in [1.807, 2.05) is 12.1 Å². The number of primary amides is 1. The van der Waals surface area contributed by atoms with Crippen LogP contribution in [0, 0.1) is 0 Å². The fourth-order valence-corrected chi connectivity index (χ4v) is 1.81. The Kier molecular flexibility index (Phi) is 3.99. The number of fused-ring (bicyclic) bond motifs is 1. The minimum absolute atomic E-state index is 0.0153. The molecule has 0 aliphatic carbocycles. The maximum Gasteiger partial charge on any atom is 0.404 e. The second kappa shape index (κ2) is 5.87. The molecule has 0 spiro atoms. The molecule has 0 saturated carbocycles. The van der Waals surface area contributed by atoms with E-state index in [1.54, 1.807) is 12.1 Å². The molecule has 20 heavy (non-hydrogen) atoms. The summed E-state index contributed by atoms with van der Waals surface area (Å²) >= 11 is 0. The van der Waals surface area contributed by atoms with Crippen LogP contribution in [0.2, 0.25) is 0 Å². The molecule has 0 atom stereocenters. The highest BCUT2D eigenvalue weighted by Crippen LogP contribution is 2.22. The number of pyridine rings is 1. The van der Waals surface area contributed by atoms with E-state index < -0.39 is 6.09 Å². The van der Waals surface area contributed by atoms with Gasteiger partial charge in [-0.15, -0.1) is 0 Å². The van der Waals surface area contributed by atoms with E-state index in [4.69, 9.17) is 11.5 Å². The summed E-state index contributed by atoms with van der Waals surface area (Å²) in [6.07, 6.45) is 0.543. The number of hydrogen-bond donors (Lipinski definition) is 3. The Balaban J connectivity index is 2.14. The predicted molar refractivity (Wildman–Crippen MR) is 74.0 cm³/mol. The highest BCUT2D eigenvalue weighted by molar-refractivity contribution is 6.08. The number of nitrogens with one attached hydrogen (secondary N) is 1. The van der Waals surface area contributed by atoms with Gasteiger partial charge in [0.2, 0.25) is 0 Å². The summed E-state index contributed by atoms with van der Waals surface area (Å²) in [5.74, 6) is 0.0518. The smallest absolute Gasteiger partial charge is 0.404 e. The van der Waals surface area contributed by atoms with Crippen LogP contribution in [0.5, 0.6) is 0 Å². The van der Waals surface area contributed by atoms with Crippen molar-refractivity contribution in [2.45, 2.75) is 0 Å². The summed E-state index contributed by atoms with van der Waals surface area (Å²) < 4.78 is 4.52. The average Bonchev–Trinajstić information content (AvgIpc) is 2.44. The van der Waals surface area contributed by atoms with Crippen LogP contribution in [0.1, 0.15) is 10.4 Å². The third-order valence-corrected chi connectivity index (χ3v) is 2.70. The van der Waals surface area contributed by atoms with Crippen molar-refractivity contribution in [2.24, 2.45) is 5.73 Å². The molecule has 0 radical (unpaired) electrons. The number of nitrogens with zero attached hydrogens (tertiary/aromatic N) is 1. The van der Waals surface area contributed by atoms with Crippen LogP contribution in [-0.4, -0.2) is 30.1 Å². The van der Waals surface area contributed by atoms with Crippen molar-refractivity contribution in [3.05, 3.63) is 36.0 Å². The van der Waals surface area contributed by atoms with Crippen LogP contribution in [0.4, 0.5) is 10.6 Å². The number of nitrogen functional groups attached to an aromatic ring is 1. The zero-order valence-corrected chi connectivity index (χ0v) is 10.6. The Bertz CT molecular complexity index is 657. The zero-order valence-electron chi connectivity index (χ0n) is 10.6. The molecule has 5 N–H and O–H groups in total. The van der Waals surface area contributed by atoms with E-state index in [2.05, 4.69) is 15.0 Å². The number of benzene rings is 1. The summed E-state index contributed by atoms with van der Waals surface area (Å²) in [6.45, 7) is 0.182. The van der Waals surface area contributed by atoms with Crippen LogP contribution in [-0.2, 0) is 4.74 Å². The van der Waals surface area contributed by atoms with Gasteiger partial charge in [0.25, 0.3) is 5.91 Å². The SMILES string of the molecule is NC(=O)OCCNC(=O)c1cnc(N)c2ccccc12. The fourth-order valence-electron chi connectivity index (χ4n) is 1.81. The normalized spacial score (nSPS) is 10.2. The first-order valence-electron chi connectivity index (χ1n) is 5.93. The van der Waals surface area contributed by atoms with E-state index in [0.29, 0.717) is 22.2 Å². The van der Waals surface area contributed by atoms with Gasteiger partial charge in [-0.3, -0.25) is 4.79 Å². The van der Waals surface area contributed by atoms with E-state index in [9.17, 15) is 9.59 Å². The number of ether oxygens (including phenoxy) is 1. The number of anilines is 1. The molecule has 0 fully saturated rings. The standard InChI is InChI=1S/C13H14N4O3/c14-11-9-4-2-1-3-8(9)10(7-17-11)12(18)16-5-6-20-13(15)19/h1-4,7H,5-6H2,(H2,14,17)(H2,15,19)(H,16,18). The van der Waals surface area contributed by atoms with Gasteiger partial charge >= 0.3 is 6.09 Å². The zero-order chi connectivity index (χ0) is 14.5. The Morgan fingerprint density at radius 1 is 1.25 bits per heavy atom. The summed E-state index contributed by atoms with van der Waals surface area (Å²) in [5, 5.41) is 4.05. The number of carbonyl (C=O) groups is 2. The minimum Gasteiger partial charge on any atom is -0.448 e. The van der Waals surface area contributed by atoms with Crippen LogP contribution >= 0.6 is 0 Å². The topological polar surface area (TPSA) is 120 Å². The van der Waals surface area contributed by atoms with Gasteiger partial charge < -0.3 is 21.5 Å². The summed E-state index contributed by atoms with van der Waals surface area (Å²) in [5.41, 5.74) is 11.0. The Morgan fingerprint density at radius 3 is 2.65 bits per heavy atom. The van der Waals surface area contributed by atoms with Gasteiger partial charge in [0, 0.05) is 11.6 Å². The van der Waals surface area contributed by atoms with Gasteiger partial charge in [-0.1, -0.05) is 24.3 Å². The maximum absolute atomic E-state index is 12.1.